The van der Waals surface area contributed by atoms with Gasteiger partial charge >= 0.3 is 0 Å². The summed E-state index contributed by atoms with van der Waals surface area (Å²) in [4.78, 5) is 10.1. The van der Waals surface area contributed by atoms with Crippen LogP contribution >= 0.6 is 23.2 Å². The van der Waals surface area contributed by atoms with Crippen molar-refractivity contribution in [3.8, 4) is 0 Å². The van der Waals surface area contributed by atoms with Crippen LogP contribution in [0.1, 0.15) is 6.42 Å². The minimum absolute atomic E-state index is 0.0710. The minimum atomic E-state index is -0.752. The standard InChI is InChI=1S/C6H7Cl2O2/c1-10-5(3-9)4-2-6(4,7)8/h4-5H,2H2,1H3. The largest absolute Gasteiger partial charge is 0.373 e. The molecule has 2 atom stereocenters. The Morgan fingerprint density at radius 3 is 2.40 bits per heavy atom. The zero-order valence-corrected chi connectivity index (χ0v) is 6.95. The Bertz CT molecular complexity index is 147. The van der Waals surface area contributed by atoms with Gasteiger partial charge in [0, 0.05) is 13.0 Å². The monoisotopic (exact) mass is 181 g/mol. The molecule has 1 saturated carbocycles. The zero-order valence-electron chi connectivity index (χ0n) is 5.43. The Morgan fingerprint density at radius 1 is 1.80 bits per heavy atom. The molecule has 2 unspecified atom stereocenters. The molecule has 1 rings (SSSR count). The summed E-state index contributed by atoms with van der Waals surface area (Å²) < 4.78 is 4.01. The summed E-state index contributed by atoms with van der Waals surface area (Å²) in [7, 11) is 1.44. The van der Waals surface area contributed by atoms with Crippen molar-refractivity contribution in [2.75, 3.05) is 7.11 Å². The van der Waals surface area contributed by atoms with E-state index in [0.717, 1.165) is 0 Å². The van der Waals surface area contributed by atoms with Crippen LogP contribution in [0.25, 0.3) is 0 Å². The number of carbonyl (C=O) groups excluding carboxylic acids is 1. The van der Waals surface area contributed by atoms with Crippen molar-refractivity contribution in [2.24, 2.45) is 5.92 Å². The van der Waals surface area contributed by atoms with Gasteiger partial charge in [-0.3, -0.25) is 4.79 Å². The lowest BCUT2D eigenvalue weighted by Crippen LogP contribution is -2.17. The first-order chi connectivity index (χ1) is 4.61. The van der Waals surface area contributed by atoms with Gasteiger partial charge in [-0.2, -0.15) is 0 Å². The van der Waals surface area contributed by atoms with Crippen molar-refractivity contribution in [3.05, 3.63) is 0 Å². The second-order valence-electron chi connectivity index (χ2n) is 2.35. The van der Waals surface area contributed by atoms with Crippen molar-refractivity contribution >= 4 is 29.5 Å². The first-order valence-corrected chi connectivity index (χ1v) is 3.65. The molecule has 1 aliphatic carbocycles. The Kier molecular flexibility index (Phi) is 2.23. The minimum Gasteiger partial charge on any atom is -0.373 e. The molecular formula is C6H7Cl2O2. The molecule has 0 N–H and O–H groups in total. The molecular weight excluding hydrogens is 175 g/mol. The fraction of sp³-hybridized carbons (Fsp3) is 0.833. The van der Waals surface area contributed by atoms with Crippen LogP contribution < -0.4 is 0 Å². The lowest BCUT2D eigenvalue weighted by atomic mass is 10.2. The van der Waals surface area contributed by atoms with E-state index in [1.807, 2.05) is 0 Å². The third-order valence-electron chi connectivity index (χ3n) is 1.61. The smallest absolute Gasteiger partial charge is 0.230 e. The van der Waals surface area contributed by atoms with Crippen molar-refractivity contribution in [1.82, 2.24) is 0 Å². The van der Waals surface area contributed by atoms with Crippen LogP contribution in [0.3, 0.4) is 0 Å². The first kappa shape index (κ1) is 8.31. The molecule has 0 amide bonds. The van der Waals surface area contributed by atoms with Gasteiger partial charge in [-0.15, -0.1) is 23.2 Å². The lowest BCUT2D eigenvalue weighted by Gasteiger charge is -2.05. The Morgan fingerprint density at radius 2 is 2.30 bits per heavy atom. The summed E-state index contributed by atoms with van der Waals surface area (Å²) in [5.41, 5.74) is 0. The topological polar surface area (TPSA) is 26.3 Å². The number of alkyl halides is 2. The molecule has 0 aromatic rings. The highest BCUT2D eigenvalue weighted by atomic mass is 35.5. The second-order valence-corrected chi connectivity index (χ2v) is 3.89. The van der Waals surface area contributed by atoms with Crippen molar-refractivity contribution < 1.29 is 9.53 Å². The van der Waals surface area contributed by atoms with E-state index >= 15 is 0 Å². The molecule has 0 spiro atoms. The molecule has 0 saturated heterocycles. The SMILES string of the molecule is COC([C]=O)C1CC1(Cl)Cl. The van der Waals surface area contributed by atoms with Gasteiger partial charge in [0.15, 0.2) is 0 Å². The van der Waals surface area contributed by atoms with Gasteiger partial charge in [0.05, 0.1) is 0 Å². The van der Waals surface area contributed by atoms with E-state index in [1.165, 1.54) is 7.11 Å². The van der Waals surface area contributed by atoms with E-state index in [0.29, 0.717) is 6.42 Å². The quantitative estimate of drug-likeness (QED) is 0.615. The summed E-state index contributed by atoms with van der Waals surface area (Å²) >= 11 is 11.3. The van der Waals surface area contributed by atoms with Gasteiger partial charge in [-0.1, -0.05) is 0 Å². The average molecular weight is 182 g/mol. The molecule has 1 fully saturated rings. The molecule has 4 heteroatoms. The highest BCUT2D eigenvalue weighted by Gasteiger charge is 2.56. The number of rotatable bonds is 3. The highest BCUT2D eigenvalue weighted by Crippen LogP contribution is 2.55. The predicted molar refractivity (Wildman–Crippen MR) is 39.0 cm³/mol. The van der Waals surface area contributed by atoms with E-state index in [9.17, 15) is 4.79 Å². The van der Waals surface area contributed by atoms with Crippen LogP contribution in [0, 0.1) is 5.92 Å². The maximum absolute atomic E-state index is 10.1. The fourth-order valence-corrected chi connectivity index (χ4v) is 1.42. The summed E-state index contributed by atoms with van der Waals surface area (Å²) in [6.07, 6.45) is 1.78. The Labute approximate surface area is 69.4 Å². The van der Waals surface area contributed by atoms with E-state index in [1.54, 1.807) is 6.29 Å². The molecule has 0 aliphatic heterocycles. The molecule has 10 heavy (non-hydrogen) atoms. The third kappa shape index (κ3) is 1.44. The number of methoxy groups -OCH3 is 1. The predicted octanol–water partition coefficient (Wildman–Crippen LogP) is 1.30. The average Bonchev–Trinajstić information content (AvgIpc) is 2.44. The molecule has 0 bridgehead atoms. The molecule has 0 aromatic heterocycles. The highest BCUT2D eigenvalue weighted by molar-refractivity contribution is 6.51. The summed E-state index contributed by atoms with van der Waals surface area (Å²) in [5.74, 6) is -0.0710. The zero-order chi connectivity index (χ0) is 7.78. The van der Waals surface area contributed by atoms with E-state index in [4.69, 9.17) is 27.9 Å². The van der Waals surface area contributed by atoms with Gasteiger partial charge in [-0.25, -0.2) is 0 Å². The molecule has 2 nitrogen and oxygen atoms in total. The molecule has 1 aliphatic rings. The fourth-order valence-electron chi connectivity index (χ4n) is 0.857. The van der Waals surface area contributed by atoms with Gasteiger partial charge in [0.25, 0.3) is 0 Å². The number of hydrogen-bond acceptors (Lipinski definition) is 2. The van der Waals surface area contributed by atoms with Gasteiger partial charge in [0.1, 0.15) is 10.4 Å². The molecule has 0 aromatic carbocycles. The van der Waals surface area contributed by atoms with E-state index in [-0.39, 0.29) is 5.92 Å². The van der Waals surface area contributed by atoms with E-state index in [2.05, 4.69) is 0 Å². The Hall–Kier alpha value is 0.210. The Balaban J connectivity index is 2.44. The second kappa shape index (κ2) is 2.68. The normalized spacial score (nSPS) is 31.3. The van der Waals surface area contributed by atoms with Crippen molar-refractivity contribution in [2.45, 2.75) is 16.9 Å². The van der Waals surface area contributed by atoms with Crippen LogP contribution in [-0.4, -0.2) is 23.8 Å². The number of ether oxygens (including phenoxy) is 1. The van der Waals surface area contributed by atoms with E-state index < -0.39 is 10.4 Å². The third-order valence-corrected chi connectivity index (χ3v) is 2.48. The van der Waals surface area contributed by atoms with Crippen LogP contribution in [0.4, 0.5) is 0 Å². The van der Waals surface area contributed by atoms with Gasteiger partial charge in [-0.05, 0) is 6.42 Å². The maximum Gasteiger partial charge on any atom is 0.230 e. The van der Waals surface area contributed by atoms with Crippen LogP contribution in [0.15, 0.2) is 0 Å². The van der Waals surface area contributed by atoms with Gasteiger partial charge < -0.3 is 4.74 Å². The van der Waals surface area contributed by atoms with Gasteiger partial charge in [0.2, 0.25) is 6.29 Å². The van der Waals surface area contributed by atoms with Crippen molar-refractivity contribution in [1.29, 1.82) is 0 Å². The van der Waals surface area contributed by atoms with Crippen LogP contribution in [0.2, 0.25) is 0 Å². The number of hydrogen-bond donors (Lipinski definition) is 0. The molecule has 0 heterocycles. The molecule has 1 radical (unpaired) electrons. The maximum atomic E-state index is 10.1. The van der Waals surface area contributed by atoms with Crippen LogP contribution in [-0.2, 0) is 9.53 Å². The lowest BCUT2D eigenvalue weighted by molar-refractivity contribution is 0.134. The van der Waals surface area contributed by atoms with Crippen molar-refractivity contribution in [3.63, 3.8) is 0 Å². The number of halogens is 2. The van der Waals surface area contributed by atoms with Crippen LogP contribution in [0.5, 0.6) is 0 Å². The summed E-state index contributed by atoms with van der Waals surface area (Å²) in [6, 6.07) is 0. The summed E-state index contributed by atoms with van der Waals surface area (Å²) in [5, 5.41) is 0. The first-order valence-electron chi connectivity index (χ1n) is 2.90. The molecule has 57 valence electrons. The summed E-state index contributed by atoms with van der Waals surface area (Å²) in [6.45, 7) is 0.